The monoisotopic (exact) mass is 341 g/mol. The molecule has 0 radical (unpaired) electrons. The number of anilines is 2. The Labute approximate surface area is 145 Å². The summed E-state index contributed by atoms with van der Waals surface area (Å²) in [6, 6.07) is 14.1. The van der Waals surface area contributed by atoms with E-state index in [1.807, 2.05) is 43.3 Å². The number of hydrazone groups is 1. The summed E-state index contributed by atoms with van der Waals surface area (Å²) in [5.74, 6) is -1.24. The zero-order chi connectivity index (χ0) is 17.5. The SMILES string of the molecule is CN(C)c1ccc(C=NNC(=S)Nc2cccc(C(=O)[O-])c2)cc1. The van der Waals surface area contributed by atoms with Gasteiger partial charge in [0.2, 0.25) is 0 Å². The van der Waals surface area contributed by atoms with Crippen LogP contribution in [0, 0.1) is 0 Å². The second-order valence-electron chi connectivity index (χ2n) is 5.18. The predicted molar refractivity (Wildman–Crippen MR) is 98.5 cm³/mol. The standard InChI is InChI=1S/C17H18N4O2S/c1-21(2)15-8-6-12(7-9-15)11-18-20-17(24)19-14-5-3-4-13(10-14)16(22)23/h3-11H,1-2H3,(H,22,23)(H2,19,20,24)/p-1. The van der Waals surface area contributed by atoms with Crippen molar-refractivity contribution in [2.24, 2.45) is 5.10 Å². The number of thiocarbonyl (C=S) groups is 1. The number of hydrogen-bond acceptors (Lipinski definition) is 5. The van der Waals surface area contributed by atoms with Crippen LogP contribution in [0.5, 0.6) is 0 Å². The van der Waals surface area contributed by atoms with Gasteiger partial charge in [0.05, 0.1) is 12.2 Å². The molecule has 0 aromatic heterocycles. The Bertz CT molecular complexity index is 757. The van der Waals surface area contributed by atoms with Gasteiger partial charge in [0.15, 0.2) is 5.11 Å². The molecular weight excluding hydrogens is 324 g/mol. The summed E-state index contributed by atoms with van der Waals surface area (Å²) in [4.78, 5) is 12.8. The summed E-state index contributed by atoms with van der Waals surface area (Å²) in [5, 5.41) is 18.0. The molecule has 0 aliphatic carbocycles. The Morgan fingerprint density at radius 2 is 1.92 bits per heavy atom. The molecule has 0 heterocycles. The molecule has 124 valence electrons. The largest absolute Gasteiger partial charge is 0.545 e. The molecule has 2 aromatic carbocycles. The van der Waals surface area contributed by atoms with Gasteiger partial charge in [0.1, 0.15) is 0 Å². The molecule has 0 amide bonds. The van der Waals surface area contributed by atoms with Gasteiger partial charge in [-0.3, -0.25) is 5.43 Å². The van der Waals surface area contributed by atoms with Gasteiger partial charge < -0.3 is 20.1 Å². The molecule has 0 aliphatic heterocycles. The van der Waals surface area contributed by atoms with E-state index in [0.29, 0.717) is 5.69 Å². The molecule has 0 atom stereocenters. The molecule has 0 spiro atoms. The van der Waals surface area contributed by atoms with Gasteiger partial charge in [-0.15, -0.1) is 0 Å². The molecule has 0 saturated carbocycles. The number of hydrogen-bond donors (Lipinski definition) is 2. The molecular formula is C17H17N4O2S-. The summed E-state index contributed by atoms with van der Waals surface area (Å²) < 4.78 is 0. The van der Waals surface area contributed by atoms with E-state index in [-0.39, 0.29) is 10.7 Å². The van der Waals surface area contributed by atoms with Crippen molar-refractivity contribution in [1.29, 1.82) is 0 Å². The van der Waals surface area contributed by atoms with Gasteiger partial charge in [-0.05, 0) is 47.6 Å². The molecule has 24 heavy (non-hydrogen) atoms. The minimum Gasteiger partial charge on any atom is -0.545 e. The average Bonchev–Trinajstić information content (AvgIpc) is 2.55. The van der Waals surface area contributed by atoms with E-state index in [1.165, 1.54) is 12.1 Å². The Morgan fingerprint density at radius 3 is 2.54 bits per heavy atom. The number of rotatable bonds is 5. The van der Waals surface area contributed by atoms with Crippen LogP contribution in [0.4, 0.5) is 11.4 Å². The van der Waals surface area contributed by atoms with Crippen LogP contribution in [0.2, 0.25) is 0 Å². The Morgan fingerprint density at radius 1 is 1.21 bits per heavy atom. The second kappa shape index (κ2) is 8.07. The summed E-state index contributed by atoms with van der Waals surface area (Å²) in [6.07, 6.45) is 1.64. The van der Waals surface area contributed by atoms with Crippen LogP contribution in [0.25, 0.3) is 0 Å². The number of benzene rings is 2. The van der Waals surface area contributed by atoms with E-state index in [4.69, 9.17) is 12.2 Å². The maximum atomic E-state index is 10.8. The zero-order valence-electron chi connectivity index (χ0n) is 13.3. The molecule has 2 aromatic rings. The topological polar surface area (TPSA) is 79.8 Å². The number of nitrogens with one attached hydrogen (secondary N) is 2. The van der Waals surface area contributed by atoms with Gasteiger partial charge in [0.25, 0.3) is 0 Å². The minimum absolute atomic E-state index is 0.0762. The number of aromatic carboxylic acids is 1. The second-order valence-corrected chi connectivity index (χ2v) is 5.59. The molecule has 0 saturated heterocycles. The Kier molecular flexibility index (Phi) is 5.86. The first-order valence-electron chi connectivity index (χ1n) is 7.14. The highest BCUT2D eigenvalue weighted by Gasteiger charge is 1.99. The molecule has 7 heteroatoms. The maximum Gasteiger partial charge on any atom is 0.191 e. The molecule has 6 nitrogen and oxygen atoms in total. The van der Waals surface area contributed by atoms with Gasteiger partial charge in [-0.2, -0.15) is 5.10 Å². The lowest BCUT2D eigenvalue weighted by Crippen LogP contribution is -2.25. The summed E-state index contributed by atoms with van der Waals surface area (Å²) in [5.41, 5.74) is 5.33. The molecule has 2 rings (SSSR count). The lowest BCUT2D eigenvalue weighted by Gasteiger charge is -2.11. The third-order valence-corrected chi connectivity index (χ3v) is 3.34. The van der Waals surface area contributed by atoms with E-state index >= 15 is 0 Å². The molecule has 0 aliphatic rings. The molecule has 0 unspecified atom stereocenters. The molecule has 2 N–H and O–H groups in total. The van der Waals surface area contributed by atoms with Crippen molar-refractivity contribution in [3.05, 3.63) is 59.7 Å². The number of carboxylic acids is 1. The number of nitrogens with zero attached hydrogens (tertiary/aromatic N) is 2. The number of carboxylic acid groups (broad SMARTS) is 1. The average molecular weight is 341 g/mol. The van der Waals surface area contributed by atoms with Crippen molar-refractivity contribution in [1.82, 2.24) is 5.43 Å². The van der Waals surface area contributed by atoms with Crippen molar-refractivity contribution in [2.45, 2.75) is 0 Å². The lowest BCUT2D eigenvalue weighted by atomic mass is 10.2. The highest BCUT2D eigenvalue weighted by Crippen LogP contribution is 2.11. The predicted octanol–water partition coefficient (Wildman–Crippen LogP) is 1.44. The van der Waals surface area contributed by atoms with E-state index in [1.54, 1.807) is 18.3 Å². The van der Waals surface area contributed by atoms with Crippen LogP contribution in [0.1, 0.15) is 15.9 Å². The number of carbonyl (C=O) groups is 1. The highest BCUT2D eigenvalue weighted by atomic mass is 32.1. The normalized spacial score (nSPS) is 10.4. The zero-order valence-corrected chi connectivity index (χ0v) is 14.1. The highest BCUT2D eigenvalue weighted by molar-refractivity contribution is 7.80. The molecule has 0 bridgehead atoms. The Balaban J connectivity index is 1.90. The quantitative estimate of drug-likeness (QED) is 0.487. The van der Waals surface area contributed by atoms with E-state index in [2.05, 4.69) is 15.8 Å². The first-order valence-corrected chi connectivity index (χ1v) is 7.55. The molecule has 0 fully saturated rings. The van der Waals surface area contributed by atoms with Crippen LogP contribution in [-0.4, -0.2) is 31.4 Å². The summed E-state index contributed by atoms with van der Waals surface area (Å²) in [6.45, 7) is 0. The summed E-state index contributed by atoms with van der Waals surface area (Å²) >= 11 is 5.11. The van der Waals surface area contributed by atoms with Crippen LogP contribution in [0.3, 0.4) is 0 Å². The van der Waals surface area contributed by atoms with E-state index < -0.39 is 5.97 Å². The van der Waals surface area contributed by atoms with Crippen molar-refractivity contribution in [2.75, 3.05) is 24.3 Å². The summed E-state index contributed by atoms with van der Waals surface area (Å²) in [7, 11) is 3.95. The fourth-order valence-corrected chi connectivity index (χ4v) is 2.08. The van der Waals surface area contributed by atoms with Gasteiger partial charge in [-0.25, -0.2) is 0 Å². The van der Waals surface area contributed by atoms with Crippen LogP contribution < -0.4 is 20.7 Å². The van der Waals surface area contributed by atoms with Crippen molar-refractivity contribution in [3.8, 4) is 0 Å². The first-order chi connectivity index (χ1) is 11.5. The van der Waals surface area contributed by atoms with Crippen molar-refractivity contribution in [3.63, 3.8) is 0 Å². The van der Waals surface area contributed by atoms with E-state index in [0.717, 1.165) is 11.3 Å². The first kappa shape index (κ1) is 17.4. The van der Waals surface area contributed by atoms with Crippen molar-refractivity contribution < 1.29 is 9.90 Å². The van der Waals surface area contributed by atoms with Gasteiger partial charge >= 0.3 is 0 Å². The maximum absolute atomic E-state index is 10.8. The van der Waals surface area contributed by atoms with Crippen LogP contribution in [0.15, 0.2) is 53.6 Å². The van der Waals surface area contributed by atoms with E-state index in [9.17, 15) is 9.90 Å². The third-order valence-electron chi connectivity index (χ3n) is 3.15. The van der Waals surface area contributed by atoms with Gasteiger partial charge in [0, 0.05) is 25.5 Å². The minimum atomic E-state index is -1.24. The Hall–Kier alpha value is -2.93. The third kappa shape index (κ3) is 5.06. The van der Waals surface area contributed by atoms with Gasteiger partial charge in [-0.1, -0.05) is 24.3 Å². The van der Waals surface area contributed by atoms with Crippen LogP contribution in [-0.2, 0) is 0 Å². The smallest absolute Gasteiger partial charge is 0.191 e. The fraction of sp³-hybridized carbons (Fsp3) is 0.118. The van der Waals surface area contributed by atoms with Crippen molar-refractivity contribution >= 4 is 40.9 Å². The van der Waals surface area contributed by atoms with Crippen LogP contribution >= 0.6 is 12.2 Å². The lowest BCUT2D eigenvalue weighted by molar-refractivity contribution is -0.255. The number of carbonyl (C=O) groups excluding carboxylic acids is 1. The fourth-order valence-electron chi connectivity index (χ4n) is 1.91.